The first-order valence-electron chi connectivity index (χ1n) is 8.36. The Morgan fingerprint density at radius 1 is 1.00 bits per heavy atom. The third kappa shape index (κ3) is 6.18. The van der Waals surface area contributed by atoms with Crippen LogP contribution in [0.4, 0.5) is 5.69 Å². The minimum absolute atomic E-state index is 0.370. The Morgan fingerprint density at radius 3 is 2.33 bits per heavy atom. The normalized spacial score (nSPS) is 10.5. The van der Waals surface area contributed by atoms with Crippen LogP contribution in [0, 0.1) is 13.8 Å². The molecular weight excluding hydrogens is 346 g/mol. The summed E-state index contributed by atoms with van der Waals surface area (Å²) >= 11 is 0. The van der Waals surface area contributed by atoms with Crippen molar-refractivity contribution in [2.24, 2.45) is 0 Å². The number of ether oxygens (including phenoxy) is 3. The number of aryl methyl sites for hydroxylation is 2. The summed E-state index contributed by atoms with van der Waals surface area (Å²) in [7, 11) is 3.09. The SMILES string of the molecule is COc1ccc(OC)c(/C=C/C(=O)OCC(=O)Nc2cc(C)cc(C)c2)c1. The molecule has 0 aromatic heterocycles. The molecule has 142 valence electrons. The zero-order valence-corrected chi connectivity index (χ0v) is 15.9. The van der Waals surface area contributed by atoms with Crippen LogP contribution in [0.2, 0.25) is 0 Å². The molecule has 2 rings (SSSR count). The summed E-state index contributed by atoms with van der Waals surface area (Å²) in [4.78, 5) is 23.8. The van der Waals surface area contributed by atoms with Gasteiger partial charge in [-0.25, -0.2) is 4.79 Å². The smallest absolute Gasteiger partial charge is 0.331 e. The van der Waals surface area contributed by atoms with Gasteiger partial charge in [0.05, 0.1) is 14.2 Å². The molecule has 0 aliphatic heterocycles. The lowest BCUT2D eigenvalue weighted by Crippen LogP contribution is -2.20. The van der Waals surface area contributed by atoms with Gasteiger partial charge in [-0.3, -0.25) is 4.79 Å². The first-order valence-corrected chi connectivity index (χ1v) is 8.36. The number of esters is 1. The molecule has 0 saturated carbocycles. The molecule has 1 amide bonds. The molecule has 2 aromatic carbocycles. The van der Waals surface area contributed by atoms with Crippen molar-refractivity contribution in [3.05, 3.63) is 59.2 Å². The number of carbonyl (C=O) groups is 2. The molecule has 0 heterocycles. The number of hydrogen-bond acceptors (Lipinski definition) is 5. The molecule has 6 nitrogen and oxygen atoms in total. The van der Waals surface area contributed by atoms with Crippen molar-refractivity contribution < 1.29 is 23.8 Å². The van der Waals surface area contributed by atoms with Gasteiger partial charge in [-0.05, 0) is 61.4 Å². The van der Waals surface area contributed by atoms with Crippen molar-refractivity contribution in [2.45, 2.75) is 13.8 Å². The van der Waals surface area contributed by atoms with Crippen LogP contribution in [0.5, 0.6) is 11.5 Å². The molecule has 0 aliphatic carbocycles. The Hall–Kier alpha value is -3.28. The number of benzene rings is 2. The lowest BCUT2D eigenvalue weighted by molar-refractivity contribution is -0.142. The second-order valence-electron chi connectivity index (χ2n) is 5.97. The summed E-state index contributed by atoms with van der Waals surface area (Å²) < 4.78 is 15.4. The fourth-order valence-corrected chi connectivity index (χ4v) is 2.56. The van der Waals surface area contributed by atoms with E-state index in [0.29, 0.717) is 22.7 Å². The van der Waals surface area contributed by atoms with E-state index >= 15 is 0 Å². The molecule has 0 unspecified atom stereocenters. The maximum atomic E-state index is 11.9. The quantitative estimate of drug-likeness (QED) is 0.597. The van der Waals surface area contributed by atoms with Crippen LogP contribution in [-0.4, -0.2) is 32.7 Å². The number of methoxy groups -OCH3 is 2. The fraction of sp³-hybridized carbons (Fsp3) is 0.238. The highest BCUT2D eigenvalue weighted by molar-refractivity contribution is 5.94. The van der Waals surface area contributed by atoms with Gasteiger partial charge in [0.15, 0.2) is 6.61 Å². The maximum absolute atomic E-state index is 11.9. The van der Waals surface area contributed by atoms with Crippen LogP contribution >= 0.6 is 0 Å². The number of anilines is 1. The number of hydrogen-bond donors (Lipinski definition) is 1. The van der Waals surface area contributed by atoms with Gasteiger partial charge in [0.25, 0.3) is 5.91 Å². The Kier molecular flexibility index (Phi) is 7.00. The number of carbonyl (C=O) groups excluding carboxylic acids is 2. The van der Waals surface area contributed by atoms with Crippen LogP contribution in [-0.2, 0) is 14.3 Å². The van der Waals surface area contributed by atoms with Gasteiger partial charge >= 0.3 is 5.97 Å². The average molecular weight is 369 g/mol. The van der Waals surface area contributed by atoms with E-state index in [4.69, 9.17) is 14.2 Å². The standard InChI is InChI=1S/C21H23NO5/c1-14-9-15(2)11-17(10-14)22-20(23)13-27-21(24)8-5-16-12-18(25-3)6-7-19(16)26-4/h5-12H,13H2,1-4H3,(H,22,23)/b8-5+. The van der Waals surface area contributed by atoms with Gasteiger partial charge in [-0.15, -0.1) is 0 Å². The maximum Gasteiger partial charge on any atom is 0.331 e. The van der Waals surface area contributed by atoms with Gasteiger partial charge in [0.1, 0.15) is 11.5 Å². The molecule has 2 aromatic rings. The van der Waals surface area contributed by atoms with Crippen molar-refractivity contribution in [3.63, 3.8) is 0 Å². The molecule has 0 radical (unpaired) electrons. The minimum Gasteiger partial charge on any atom is -0.497 e. The molecule has 1 N–H and O–H groups in total. The van der Waals surface area contributed by atoms with Gasteiger partial charge in [0.2, 0.25) is 0 Å². The summed E-state index contributed by atoms with van der Waals surface area (Å²) in [6, 6.07) is 10.9. The van der Waals surface area contributed by atoms with Gasteiger partial charge in [-0.2, -0.15) is 0 Å². The lowest BCUT2D eigenvalue weighted by Gasteiger charge is -2.08. The Morgan fingerprint density at radius 2 is 1.70 bits per heavy atom. The van der Waals surface area contributed by atoms with E-state index < -0.39 is 11.9 Å². The van der Waals surface area contributed by atoms with Crippen LogP contribution in [0.25, 0.3) is 6.08 Å². The minimum atomic E-state index is -0.629. The number of nitrogens with one attached hydrogen (secondary N) is 1. The highest BCUT2D eigenvalue weighted by atomic mass is 16.5. The zero-order chi connectivity index (χ0) is 19.8. The van der Waals surface area contributed by atoms with Crippen LogP contribution in [0.3, 0.4) is 0 Å². The predicted molar refractivity (Wildman–Crippen MR) is 104 cm³/mol. The third-order valence-electron chi connectivity index (χ3n) is 3.69. The third-order valence-corrected chi connectivity index (χ3v) is 3.69. The van der Waals surface area contributed by atoms with Crippen molar-refractivity contribution in [3.8, 4) is 11.5 Å². The summed E-state index contributed by atoms with van der Waals surface area (Å²) in [5.41, 5.74) is 3.41. The molecule has 0 spiro atoms. The summed E-state index contributed by atoms with van der Waals surface area (Å²) in [5.74, 6) is 0.195. The Labute approximate surface area is 158 Å². The highest BCUT2D eigenvalue weighted by Gasteiger charge is 2.07. The average Bonchev–Trinajstić information content (AvgIpc) is 2.63. The fourth-order valence-electron chi connectivity index (χ4n) is 2.56. The topological polar surface area (TPSA) is 73.9 Å². The zero-order valence-electron chi connectivity index (χ0n) is 15.9. The van der Waals surface area contributed by atoms with E-state index in [1.54, 1.807) is 31.4 Å². The van der Waals surface area contributed by atoms with E-state index in [-0.39, 0.29) is 6.61 Å². The van der Waals surface area contributed by atoms with Gasteiger partial charge in [-0.1, -0.05) is 6.07 Å². The van der Waals surface area contributed by atoms with E-state index in [1.165, 1.54) is 13.2 Å². The van der Waals surface area contributed by atoms with Crippen LogP contribution in [0.15, 0.2) is 42.5 Å². The monoisotopic (exact) mass is 369 g/mol. The summed E-state index contributed by atoms with van der Waals surface area (Å²) in [5, 5.41) is 2.71. The van der Waals surface area contributed by atoms with E-state index in [1.807, 2.05) is 32.0 Å². The molecule has 0 atom stereocenters. The van der Waals surface area contributed by atoms with Crippen molar-refractivity contribution >= 4 is 23.6 Å². The Balaban J connectivity index is 1.92. The first kappa shape index (κ1) is 20.0. The molecule has 0 bridgehead atoms. The molecule has 6 heteroatoms. The van der Waals surface area contributed by atoms with Gasteiger partial charge in [0, 0.05) is 17.3 Å². The largest absolute Gasteiger partial charge is 0.497 e. The highest BCUT2D eigenvalue weighted by Crippen LogP contribution is 2.25. The number of amides is 1. The van der Waals surface area contributed by atoms with E-state index in [9.17, 15) is 9.59 Å². The predicted octanol–water partition coefficient (Wildman–Crippen LogP) is 3.52. The van der Waals surface area contributed by atoms with Crippen LogP contribution in [0.1, 0.15) is 16.7 Å². The molecule has 0 fully saturated rings. The second-order valence-corrected chi connectivity index (χ2v) is 5.97. The Bertz CT molecular complexity index is 837. The molecular formula is C21H23NO5. The molecule has 0 saturated heterocycles. The summed E-state index contributed by atoms with van der Waals surface area (Å²) in [6.45, 7) is 3.52. The van der Waals surface area contributed by atoms with Crippen LogP contribution < -0.4 is 14.8 Å². The summed E-state index contributed by atoms with van der Waals surface area (Å²) in [6.07, 6.45) is 2.78. The first-order chi connectivity index (χ1) is 12.9. The van der Waals surface area contributed by atoms with Crippen molar-refractivity contribution in [1.82, 2.24) is 0 Å². The van der Waals surface area contributed by atoms with Gasteiger partial charge < -0.3 is 19.5 Å². The van der Waals surface area contributed by atoms with Crippen molar-refractivity contribution in [2.75, 3.05) is 26.1 Å². The second kappa shape index (κ2) is 9.43. The molecule has 0 aliphatic rings. The van der Waals surface area contributed by atoms with Crippen molar-refractivity contribution in [1.29, 1.82) is 0 Å². The molecule has 27 heavy (non-hydrogen) atoms. The van der Waals surface area contributed by atoms with E-state index in [0.717, 1.165) is 11.1 Å². The number of rotatable bonds is 7. The van der Waals surface area contributed by atoms with E-state index in [2.05, 4.69) is 5.32 Å². The lowest BCUT2D eigenvalue weighted by atomic mass is 10.1.